The lowest BCUT2D eigenvalue weighted by Crippen LogP contribution is -2.14. The number of anilines is 1. The summed E-state index contributed by atoms with van der Waals surface area (Å²) in [5, 5.41) is 10.9. The molecule has 0 aliphatic carbocycles. The Morgan fingerprint density at radius 3 is 2.52 bits per heavy atom. The van der Waals surface area contributed by atoms with Crippen molar-refractivity contribution in [2.45, 2.75) is 4.90 Å². The maximum absolute atomic E-state index is 13.1. The van der Waals surface area contributed by atoms with Crippen LogP contribution in [-0.4, -0.2) is 13.3 Å². The molecule has 0 bridgehead atoms. The number of benzene rings is 2. The lowest BCUT2D eigenvalue weighted by atomic mass is 10.3. The number of halogens is 2. The summed E-state index contributed by atoms with van der Waals surface area (Å²) in [6.07, 6.45) is 0. The molecular weight excluding hydrogens is 367 g/mol. The zero-order valence-electron chi connectivity index (χ0n) is 10.3. The minimum atomic E-state index is -4.22. The van der Waals surface area contributed by atoms with Crippen LogP contribution in [-0.2, 0) is 10.0 Å². The highest BCUT2D eigenvalue weighted by atomic mass is 79.9. The van der Waals surface area contributed by atoms with Gasteiger partial charge >= 0.3 is 0 Å². The summed E-state index contributed by atoms with van der Waals surface area (Å²) in [7, 11) is -4.22. The highest BCUT2D eigenvalue weighted by Gasteiger charge is 2.26. The highest BCUT2D eigenvalue weighted by molar-refractivity contribution is 9.10. The van der Waals surface area contributed by atoms with Crippen LogP contribution in [0.3, 0.4) is 0 Å². The van der Waals surface area contributed by atoms with Crippen molar-refractivity contribution in [3.63, 3.8) is 0 Å². The first-order valence-corrected chi connectivity index (χ1v) is 7.79. The average Bonchev–Trinajstić information content (AvgIpc) is 2.37. The lowest BCUT2D eigenvalue weighted by molar-refractivity contribution is -0.387. The quantitative estimate of drug-likeness (QED) is 0.656. The van der Waals surface area contributed by atoms with E-state index in [0.717, 1.165) is 24.3 Å². The van der Waals surface area contributed by atoms with Crippen molar-refractivity contribution in [3.05, 3.63) is 62.9 Å². The van der Waals surface area contributed by atoms with Crippen molar-refractivity contribution >= 4 is 37.3 Å². The molecule has 6 nitrogen and oxygen atoms in total. The van der Waals surface area contributed by atoms with Gasteiger partial charge in [0.2, 0.25) is 0 Å². The number of nitro groups is 1. The van der Waals surface area contributed by atoms with Crippen molar-refractivity contribution in [3.8, 4) is 0 Å². The first-order chi connectivity index (χ1) is 9.79. The monoisotopic (exact) mass is 374 g/mol. The number of nitro benzene ring substituents is 1. The van der Waals surface area contributed by atoms with Crippen LogP contribution in [0.5, 0.6) is 0 Å². The Morgan fingerprint density at radius 2 is 1.90 bits per heavy atom. The van der Waals surface area contributed by atoms with Crippen LogP contribution < -0.4 is 4.72 Å². The first-order valence-electron chi connectivity index (χ1n) is 5.52. The summed E-state index contributed by atoms with van der Waals surface area (Å²) in [5.41, 5.74) is -0.591. The van der Waals surface area contributed by atoms with Crippen LogP contribution in [0, 0.1) is 15.9 Å². The molecule has 0 heterocycles. The van der Waals surface area contributed by atoms with Crippen LogP contribution in [0.25, 0.3) is 0 Å². The Kier molecular flexibility index (Phi) is 4.24. The van der Waals surface area contributed by atoms with E-state index in [1.54, 1.807) is 0 Å². The Bertz CT molecular complexity index is 811. The van der Waals surface area contributed by atoms with Crippen molar-refractivity contribution in [2.75, 3.05) is 4.72 Å². The Balaban J connectivity index is 2.49. The normalized spacial score (nSPS) is 11.1. The number of nitrogens with one attached hydrogen (secondary N) is 1. The molecule has 9 heteroatoms. The largest absolute Gasteiger partial charge is 0.289 e. The second-order valence-electron chi connectivity index (χ2n) is 3.99. The molecule has 0 saturated heterocycles. The first kappa shape index (κ1) is 15.4. The summed E-state index contributed by atoms with van der Waals surface area (Å²) in [6.45, 7) is 0. The SMILES string of the molecule is O=[N+]([O-])c1ccc(Br)cc1S(=O)(=O)Nc1cccc(F)c1. The third-order valence-electron chi connectivity index (χ3n) is 2.48. The molecule has 2 aromatic rings. The van der Waals surface area contributed by atoms with Gasteiger partial charge in [0.1, 0.15) is 5.82 Å². The van der Waals surface area contributed by atoms with Gasteiger partial charge in [0.25, 0.3) is 15.7 Å². The predicted molar refractivity (Wildman–Crippen MR) is 78.0 cm³/mol. The zero-order valence-corrected chi connectivity index (χ0v) is 12.7. The number of rotatable bonds is 4. The third kappa shape index (κ3) is 3.56. The molecule has 0 saturated carbocycles. The van der Waals surface area contributed by atoms with E-state index in [1.165, 1.54) is 18.2 Å². The lowest BCUT2D eigenvalue weighted by Gasteiger charge is -2.09. The summed E-state index contributed by atoms with van der Waals surface area (Å²) < 4.78 is 40.0. The summed E-state index contributed by atoms with van der Waals surface area (Å²) in [6, 6.07) is 8.33. The van der Waals surface area contributed by atoms with E-state index in [0.29, 0.717) is 4.47 Å². The van der Waals surface area contributed by atoms with Crippen LogP contribution in [0.1, 0.15) is 0 Å². The molecule has 2 aromatic carbocycles. The zero-order chi connectivity index (χ0) is 15.6. The molecular formula is C12H8BrFN2O4S. The van der Waals surface area contributed by atoms with E-state index < -0.39 is 31.3 Å². The fourth-order valence-corrected chi connectivity index (χ4v) is 3.38. The van der Waals surface area contributed by atoms with Crippen molar-refractivity contribution < 1.29 is 17.7 Å². The molecule has 2 rings (SSSR count). The van der Waals surface area contributed by atoms with Gasteiger partial charge in [-0.25, -0.2) is 12.8 Å². The molecule has 0 atom stereocenters. The topological polar surface area (TPSA) is 89.3 Å². The summed E-state index contributed by atoms with van der Waals surface area (Å²) in [5.74, 6) is -0.626. The minimum Gasteiger partial charge on any atom is -0.279 e. The van der Waals surface area contributed by atoms with Gasteiger partial charge < -0.3 is 0 Å². The number of nitrogens with zero attached hydrogens (tertiary/aromatic N) is 1. The van der Waals surface area contributed by atoms with Crippen LogP contribution in [0.15, 0.2) is 51.8 Å². The van der Waals surface area contributed by atoms with Gasteiger partial charge in [0.15, 0.2) is 4.90 Å². The van der Waals surface area contributed by atoms with E-state index in [9.17, 15) is 22.9 Å². The van der Waals surface area contributed by atoms with Crippen molar-refractivity contribution in [1.29, 1.82) is 0 Å². The van der Waals surface area contributed by atoms with E-state index >= 15 is 0 Å². The van der Waals surface area contributed by atoms with Gasteiger partial charge in [0.05, 0.1) is 10.6 Å². The number of sulfonamides is 1. The molecule has 0 fully saturated rings. The van der Waals surface area contributed by atoms with Crippen molar-refractivity contribution in [2.24, 2.45) is 0 Å². The molecule has 0 aliphatic heterocycles. The molecule has 0 spiro atoms. The van der Waals surface area contributed by atoms with E-state index in [4.69, 9.17) is 0 Å². The Morgan fingerprint density at radius 1 is 1.19 bits per heavy atom. The number of hydrogen-bond donors (Lipinski definition) is 1. The van der Waals surface area contributed by atoms with Gasteiger partial charge in [0, 0.05) is 10.5 Å². The molecule has 0 aliphatic rings. The minimum absolute atomic E-state index is 0.0238. The van der Waals surface area contributed by atoms with Gasteiger partial charge in [-0.2, -0.15) is 0 Å². The molecule has 0 radical (unpaired) electrons. The van der Waals surface area contributed by atoms with Crippen LogP contribution >= 0.6 is 15.9 Å². The molecule has 110 valence electrons. The number of hydrogen-bond acceptors (Lipinski definition) is 4. The summed E-state index contributed by atoms with van der Waals surface area (Å²) >= 11 is 3.06. The molecule has 0 amide bonds. The molecule has 0 unspecified atom stereocenters. The molecule has 0 aromatic heterocycles. The average molecular weight is 375 g/mol. The van der Waals surface area contributed by atoms with Gasteiger partial charge in [-0.1, -0.05) is 22.0 Å². The van der Waals surface area contributed by atoms with Gasteiger partial charge in [-0.3, -0.25) is 14.8 Å². The second-order valence-corrected chi connectivity index (χ2v) is 6.55. The van der Waals surface area contributed by atoms with Crippen molar-refractivity contribution in [1.82, 2.24) is 0 Å². The van der Waals surface area contributed by atoms with Crippen LogP contribution in [0.4, 0.5) is 15.8 Å². The molecule has 21 heavy (non-hydrogen) atoms. The standard InChI is InChI=1S/C12H8BrFN2O4S/c13-8-4-5-11(16(17)18)12(6-8)21(19,20)15-10-3-1-2-9(14)7-10/h1-7,15H. The Labute approximate surface area is 127 Å². The third-order valence-corrected chi connectivity index (χ3v) is 4.39. The van der Waals surface area contributed by atoms with Gasteiger partial charge in [-0.15, -0.1) is 0 Å². The fourth-order valence-electron chi connectivity index (χ4n) is 1.62. The van der Waals surface area contributed by atoms with Crippen LogP contribution in [0.2, 0.25) is 0 Å². The molecule has 1 N–H and O–H groups in total. The van der Waals surface area contributed by atoms with E-state index in [2.05, 4.69) is 20.7 Å². The fraction of sp³-hybridized carbons (Fsp3) is 0. The second kappa shape index (κ2) is 5.78. The van der Waals surface area contributed by atoms with E-state index in [-0.39, 0.29) is 5.69 Å². The van der Waals surface area contributed by atoms with Gasteiger partial charge in [-0.05, 0) is 30.3 Å². The summed E-state index contributed by atoms with van der Waals surface area (Å²) in [4.78, 5) is 9.62. The maximum Gasteiger partial charge on any atom is 0.289 e. The maximum atomic E-state index is 13.1. The predicted octanol–water partition coefficient (Wildman–Crippen LogP) is 3.30. The van der Waals surface area contributed by atoms with E-state index in [1.807, 2.05) is 0 Å². The highest BCUT2D eigenvalue weighted by Crippen LogP contribution is 2.28. The Hall–Kier alpha value is -2.00. The smallest absolute Gasteiger partial charge is 0.279 e.